The van der Waals surface area contributed by atoms with Gasteiger partial charge in [0.25, 0.3) is 10.1 Å². The molecule has 0 saturated heterocycles. The third-order valence-electron chi connectivity index (χ3n) is 5.74. The minimum atomic E-state index is -3.87. The van der Waals surface area contributed by atoms with Crippen molar-refractivity contribution in [2.24, 2.45) is 0 Å². The molecule has 0 amide bonds. The summed E-state index contributed by atoms with van der Waals surface area (Å²) in [5.74, 6) is 0. The fourth-order valence-corrected chi connectivity index (χ4v) is 4.88. The van der Waals surface area contributed by atoms with E-state index in [1.54, 1.807) is 0 Å². The van der Waals surface area contributed by atoms with Crippen molar-refractivity contribution >= 4 is 10.1 Å². The maximum Gasteiger partial charge on any atom is 0.267 e. The predicted molar refractivity (Wildman–Crippen MR) is 120 cm³/mol. The Morgan fingerprint density at radius 1 is 0.571 bits per heavy atom. The Morgan fingerprint density at radius 2 is 0.964 bits per heavy atom. The van der Waals surface area contributed by atoms with Crippen molar-refractivity contribution in [1.82, 2.24) is 0 Å². The lowest BCUT2D eigenvalue weighted by Gasteiger charge is -2.12. The van der Waals surface area contributed by atoms with Gasteiger partial charge in [0.1, 0.15) is 0 Å². The third kappa shape index (κ3) is 17.9. The first-order chi connectivity index (χ1) is 13.4. The van der Waals surface area contributed by atoms with Gasteiger partial charge < -0.3 is 5.11 Å². The molecule has 2 unspecified atom stereocenters. The van der Waals surface area contributed by atoms with Crippen molar-refractivity contribution in [3.05, 3.63) is 0 Å². The number of unbranched alkanes of at least 4 members (excludes halogenated alkanes) is 12. The molecular formula is C23H48O4S. The lowest BCUT2D eigenvalue weighted by atomic mass is 10.0. The van der Waals surface area contributed by atoms with Crippen LogP contribution in [0.15, 0.2) is 0 Å². The smallest absolute Gasteiger partial charge is 0.267 e. The topological polar surface area (TPSA) is 74.6 Å². The second-order valence-corrected chi connectivity index (χ2v) is 10.2. The van der Waals surface area contributed by atoms with Crippen LogP contribution in [0.5, 0.6) is 0 Å². The zero-order chi connectivity index (χ0) is 21.1. The fourth-order valence-electron chi connectivity index (χ4n) is 3.88. The Balaban J connectivity index is 3.41. The molecule has 0 radical (unpaired) electrons. The van der Waals surface area contributed by atoms with Crippen molar-refractivity contribution in [1.29, 1.82) is 0 Å². The Labute approximate surface area is 175 Å². The van der Waals surface area contributed by atoms with Crippen LogP contribution >= 0.6 is 0 Å². The summed E-state index contributed by atoms with van der Waals surface area (Å²) in [4.78, 5) is 0. The summed E-state index contributed by atoms with van der Waals surface area (Å²) in [5.41, 5.74) is 0. The highest BCUT2D eigenvalue weighted by Crippen LogP contribution is 2.18. The normalized spacial score (nSPS) is 14.3. The molecule has 4 nitrogen and oxygen atoms in total. The highest BCUT2D eigenvalue weighted by Gasteiger charge is 2.20. The summed E-state index contributed by atoms with van der Waals surface area (Å²) in [7, 11) is -3.87. The average molecular weight is 421 g/mol. The molecule has 0 rings (SSSR count). The van der Waals surface area contributed by atoms with Crippen LogP contribution in [0, 0.1) is 0 Å². The first-order valence-corrected chi connectivity index (χ1v) is 13.6. The molecule has 0 aromatic rings. The summed E-state index contributed by atoms with van der Waals surface area (Å²) >= 11 is 0. The highest BCUT2D eigenvalue weighted by molar-refractivity contribution is 7.86. The van der Waals surface area contributed by atoms with Gasteiger partial charge in [-0.15, -0.1) is 0 Å². The largest absolute Gasteiger partial charge is 0.393 e. The van der Waals surface area contributed by atoms with Crippen LogP contribution < -0.4 is 0 Å². The molecule has 0 aromatic carbocycles. The second-order valence-electron chi connectivity index (χ2n) is 8.54. The molecular weight excluding hydrogens is 372 g/mol. The molecule has 2 N–H and O–H groups in total. The molecule has 0 saturated carbocycles. The van der Waals surface area contributed by atoms with Gasteiger partial charge in [-0.1, -0.05) is 110 Å². The number of aliphatic hydroxyl groups is 1. The zero-order valence-electron chi connectivity index (χ0n) is 18.7. The third-order valence-corrected chi connectivity index (χ3v) is 7.05. The Bertz CT molecular complexity index is 422. The van der Waals surface area contributed by atoms with E-state index >= 15 is 0 Å². The summed E-state index contributed by atoms with van der Waals surface area (Å²) in [6, 6.07) is 0. The number of aliphatic hydroxyl groups excluding tert-OH is 1. The minimum absolute atomic E-state index is 0.106. The summed E-state index contributed by atoms with van der Waals surface area (Å²) in [6.45, 7) is 4.19. The van der Waals surface area contributed by atoms with E-state index in [-0.39, 0.29) is 6.10 Å². The first-order valence-electron chi connectivity index (χ1n) is 12.1. The standard InChI is InChI=1S/C23H48O4S/c1-3-5-6-7-12-15-19-22(24)20-16-13-10-8-9-11-14-17-21-23(18-4-2)28(25,26)27/h22-24H,3-21H2,1-2H3,(H,25,26,27). The van der Waals surface area contributed by atoms with Gasteiger partial charge in [0, 0.05) is 0 Å². The molecule has 0 aliphatic heterocycles. The molecule has 0 fully saturated rings. The molecule has 2 atom stereocenters. The van der Waals surface area contributed by atoms with Gasteiger partial charge >= 0.3 is 0 Å². The second kappa shape index (κ2) is 18.9. The molecule has 0 aliphatic carbocycles. The SMILES string of the molecule is CCCCCCCCC(O)CCCCCCCCCCC(CCC)S(=O)(=O)O. The van der Waals surface area contributed by atoms with Gasteiger partial charge in [0.15, 0.2) is 0 Å². The molecule has 5 heteroatoms. The van der Waals surface area contributed by atoms with Gasteiger partial charge in [-0.05, 0) is 25.7 Å². The van der Waals surface area contributed by atoms with Crippen molar-refractivity contribution in [3.63, 3.8) is 0 Å². The van der Waals surface area contributed by atoms with Crippen molar-refractivity contribution in [3.8, 4) is 0 Å². The van der Waals surface area contributed by atoms with E-state index in [0.717, 1.165) is 44.9 Å². The predicted octanol–water partition coefficient (Wildman–Crippen LogP) is 7.06. The summed E-state index contributed by atoms with van der Waals surface area (Å²) < 4.78 is 31.8. The van der Waals surface area contributed by atoms with Crippen molar-refractivity contribution in [2.45, 2.75) is 147 Å². The molecule has 0 spiro atoms. The number of rotatable bonds is 21. The van der Waals surface area contributed by atoms with Gasteiger partial charge in [-0.2, -0.15) is 8.42 Å². The molecule has 0 bridgehead atoms. The van der Waals surface area contributed by atoms with Crippen LogP contribution in [0.2, 0.25) is 0 Å². The van der Waals surface area contributed by atoms with Gasteiger partial charge in [-0.3, -0.25) is 4.55 Å². The molecule has 0 aromatic heterocycles. The van der Waals surface area contributed by atoms with E-state index in [9.17, 15) is 18.1 Å². The minimum Gasteiger partial charge on any atom is -0.393 e. The van der Waals surface area contributed by atoms with E-state index in [1.165, 1.54) is 64.2 Å². The summed E-state index contributed by atoms with van der Waals surface area (Å²) in [5, 5.41) is 9.46. The van der Waals surface area contributed by atoms with Gasteiger partial charge in [0.2, 0.25) is 0 Å². The average Bonchev–Trinajstić information content (AvgIpc) is 2.64. The maximum absolute atomic E-state index is 11.3. The quantitative estimate of drug-likeness (QED) is 0.154. The van der Waals surface area contributed by atoms with E-state index in [2.05, 4.69) is 6.92 Å². The van der Waals surface area contributed by atoms with Crippen LogP contribution in [-0.2, 0) is 10.1 Å². The first kappa shape index (κ1) is 27.9. The van der Waals surface area contributed by atoms with Gasteiger partial charge in [-0.25, -0.2) is 0 Å². The van der Waals surface area contributed by atoms with E-state index in [1.807, 2.05) is 6.92 Å². The van der Waals surface area contributed by atoms with E-state index in [4.69, 9.17) is 0 Å². The van der Waals surface area contributed by atoms with E-state index < -0.39 is 15.4 Å². The number of hydrogen-bond donors (Lipinski definition) is 2. The Hall–Kier alpha value is -0.130. The van der Waals surface area contributed by atoms with Crippen LogP contribution in [-0.4, -0.2) is 29.4 Å². The fraction of sp³-hybridized carbons (Fsp3) is 1.00. The van der Waals surface area contributed by atoms with Crippen LogP contribution in [0.1, 0.15) is 136 Å². The Morgan fingerprint density at radius 3 is 1.36 bits per heavy atom. The zero-order valence-corrected chi connectivity index (χ0v) is 19.5. The lowest BCUT2D eigenvalue weighted by molar-refractivity contribution is 0.147. The molecule has 0 aliphatic rings. The maximum atomic E-state index is 11.3. The van der Waals surface area contributed by atoms with Gasteiger partial charge in [0.05, 0.1) is 11.4 Å². The Kier molecular flexibility index (Phi) is 18.8. The van der Waals surface area contributed by atoms with Crippen LogP contribution in [0.4, 0.5) is 0 Å². The highest BCUT2D eigenvalue weighted by atomic mass is 32.2. The van der Waals surface area contributed by atoms with Crippen molar-refractivity contribution in [2.75, 3.05) is 0 Å². The van der Waals surface area contributed by atoms with Crippen LogP contribution in [0.3, 0.4) is 0 Å². The molecule has 170 valence electrons. The number of hydrogen-bond acceptors (Lipinski definition) is 3. The summed E-state index contributed by atoms with van der Waals surface area (Å²) in [6.07, 6.45) is 20.5. The van der Waals surface area contributed by atoms with Crippen molar-refractivity contribution < 1.29 is 18.1 Å². The van der Waals surface area contributed by atoms with Crippen LogP contribution in [0.25, 0.3) is 0 Å². The molecule has 28 heavy (non-hydrogen) atoms. The lowest BCUT2D eigenvalue weighted by Crippen LogP contribution is -2.20. The molecule has 0 heterocycles. The monoisotopic (exact) mass is 420 g/mol. The van der Waals surface area contributed by atoms with E-state index in [0.29, 0.717) is 12.8 Å².